The minimum atomic E-state index is 0.0652. The van der Waals surface area contributed by atoms with Crippen molar-refractivity contribution in [3.63, 3.8) is 0 Å². The summed E-state index contributed by atoms with van der Waals surface area (Å²) < 4.78 is 0.937. The van der Waals surface area contributed by atoms with Gasteiger partial charge in [-0.05, 0) is 67.0 Å². The lowest BCUT2D eigenvalue weighted by Gasteiger charge is -2.42. The molecule has 1 aromatic rings. The standard InChI is InChI=1S/C19H29BrN4O/c1-15-5-6-18(17(20)12-15)21-19(25)14-23-8-10-24(11-9-23)16-4-3-7-22(2)13-16/h5-6,12,16H,3-4,7-11,13-14H2,1-2H3,(H,21,25). The Morgan fingerprint density at radius 3 is 2.68 bits per heavy atom. The van der Waals surface area contributed by atoms with Crippen LogP contribution in [0.3, 0.4) is 0 Å². The molecular weight excluding hydrogens is 380 g/mol. The molecule has 2 fully saturated rings. The van der Waals surface area contributed by atoms with Gasteiger partial charge in [-0.25, -0.2) is 0 Å². The van der Waals surface area contributed by atoms with Crippen LogP contribution in [0.15, 0.2) is 22.7 Å². The molecule has 0 saturated carbocycles. The summed E-state index contributed by atoms with van der Waals surface area (Å²) in [7, 11) is 2.22. The first kappa shape index (κ1) is 18.8. The summed E-state index contributed by atoms with van der Waals surface area (Å²) >= 11 is 3.52. The molecule has 0 radical (unpaired) electrons. The number of anilines is 1. The molecule has 2 aliphatic heterocycles. The number of aryl methyl sites for hydroxylation is 1. The average Bonchev–Trinajstić information content (AvgIpc) is 2.58. The van der Waals surface area contributed by atoms with Gasteiger partial charge in [0, 0.05) is 43.2 Å². The summed E-state index contributed by atoms with van der Waals surface area (Å²) in [6, 6.07) is 6.68. The molecule has 0 bridgehead atoms. The third-order valence-corrected chi connectivity index (χ3v) is 5.94. The molecule has 0 spiro atoms. The van der Waals surface area contributed by atoms with E-state index >= 15 is 0 Å². The van der Waals surface area contributed by atoms with Crippen LogP contribution in [0.25, 0.3) is 0 Å². The summed E-state index contributed by atoms with van der Waals surface area (Å²) in [6.07, 6.45) is 2.61. The maximum atomic E-state index is 12.4. The summed E-state index contributed by atoms with van der Waals surface area (Å²) in [6.45, 7) is 9.01. The number of hydrogen-bond donors (Lipinski definition) is 1. The Bertz CT molecular complexity index is 601. The molecule has 3 rings (SSSR count). The molecular formula is C19H29BrN4O. The normalized spacial score (nSPS) is 23.6. The fourth-order valence-electron chi connectivity index (χ4n) is 3.84. The van der Waals surface area contributed by atoms with Crippen LogP contribution in [-0.2, 0) is 4.79 Å². The predicted octanol–water partition coefficient (Wildman–Crippen LogP) is 2.41. The Hall–Kier alpha value is -0.950. The molecule has 1 N–H and O–H groups in total. The van der Waals surface area contributed by atoms with Gasteiger partial charge in [-0.3, -0.25) is 14.6 Å². The zero-order valence-corrected chi connectivity index (χ0v) is 16.9. The van der Waals surface area contributed by atoms with Crippen molar-refractivity contribution in [2.75, 3.05) is 58.2 Å². The van der Waals surface area contributed by atoms with Gasteiger partial charge < -0.3 is 10.2 Å². The van der Waals surface area contributed by atoms with E-state index in [0.29, 0.717) is 12.6 Å². The predicted molar refractivity (Wildman–Crippen MR) is 106 cm³/mol. The second-order valence-electron chi connectivity index (χ2n) is 7.40. The number of halogens is 1. The van der Waals surface area contributed by atoms with Crippen molar-refractivity contribution < 1.29 is 4.79 Å². The fraction of sp³-hybridized carbons (Fsp3) is 0.632. The van der Waals surface area contributed by atoms with Crippen LogP contribution in [0.2, 0.25) is 0 Å². The number of carbonyl (C=O) groups excluding carboxylic acids is 1. The van der Waals surface area contributed by atoms with E-state index in [-0.39, 0.29) is 5.91 Å². The molecule has 0 aliphatic carbocycles. The van der Waals surface area contributed by atoms with Crippen molar-refractivity contribution in [1.82, 2.24) is 14.7 Å². The lowest BCUT2D eigenvalue weighted by molar-refractivity contribution is -0.117. The molecule has 5 nitrogen and oxygen atoms in total. The van der Waals surface area contributed by atoms with Gasteiger partial charge in [-0.15, -0.1) is 0 Å². The topological polar surface area (TPSA) is 38.8 Å². The number of rotatable bonds is 4. The maximum Gasteiger partial charge on any atom is 0.238 e. The molecule has 1 amide bonds. The van der Waals surface area contributed by atoms with Crippen molar-refractivity contribution >= 4 is 27.5 Å². The molecule has 138 valence electrons. The lowest BCUT2D eigenvalue weighted by atomic mass is 10.0. The Labute approximate surface area is 159 Å². The van der Waals surface area contributed by atoms with E-state index < -0.39 is 0 Å². The van der Waals surface area contributed by atoms with E-state index in [2.05, 4.69) is 43.0 Å². The van der Waals surface area contributed by atoms with Crippen LogP contribution in [0.4, 0.5) is 5.69 Å². The molecule has 2 heterocycles. The second kappa shape index (κ2) is 8.62. The van der Waals surface area contributed by atoms with Crippen molar-refractivity contribution in [2.45, 2.75) is 25.8 Å². The minimum absolute atomic E-state index is 0.0652. The quantitative estimate of drug-likeness (QED) is 0.829. The van der Waals surface area contributed by atoms with E-state index in [1.807, 2.05) is 25.1 Å². The number of piperazine rings is 1. The highest BCUT2D eigenvalue weighted by Crippen LogP contribution is 2.23. The van der Waals surface area contributed by atoms with Gasteiger partial charge in [0.1, 0.15) is 0 Å². The highest BCUT2D eigenvalue weighted by Gasteiger charge is 2.27. The zero-order valence-electron chi connectivity index (χ0n) is 15.3. The summed E-state index contributed by atoms with van der Waals surface area (Å²) in [5, 5.41) is 3.02. The van der Waals surface area contributed by atoms with E-state index in [1.165, 1.54) is 31.5 Å². The number of nitrogens with zero attached hydrogens (tertiary/aromatic N) is 3. The monoisotopic (exact) mass is 408 g/mol. The summed E-state index contributed by atoms with van der Waals surface area (Å²) in [5.41, 5.74) is 2.02. The van der Waals surface area contributed by atoms with Crippen molar-refractivity contribution in [3.05, 3.63) is 28.2 Å². The zero-order chi connectivity index (χ0) is 17.8. The van der Waals surface area contributed by atoms with Crippen molar-refractivity contribution in [2.24, 2.45) is 0 Å². The number of likely N-dealkylation sites (N-methyl/N-ethyl adjacent to an activating group) is 1. The van der Waals surface area contributed by atoms with Crippen LogP contribution in [-0.4, -0.2) is 79.5 Å². The second-order valence-corrected chi connectivity index (χ2v) is 8.26. The first-order chi connectivity index (χ1) is 12.0. The van der Waals surface area contributed by atoms with E-state index in [9.17, 15) is 4.79 Å². The average molecular weight is 409 g/mol. The number of hydrogen-bond acceptors (Lipinski definition) is 4. The number of piperidine rings is 1. The Kier molecular flexibility index (Phi) is 6.49. The fourth-order valence-corrected chi connectivity index (χ4v) is 4.43. The van der Waals surface area contributed by atoms with E-state index in [1.54, 1.807) is 0 Å². The molecule has 1 unspecified atom stereocenters. The number of likely N-dealkylation sites (tertiary alicyclic amines) is 1. The molecule has 0 aromatic heterocycles. The minimum Gasteiger partial charge on any atom is -0.324 e. The van der Waals surface area contributed by atoms with E-state index in [4.69, 9.17) is 0 Å². The smallest absolute Gasteiger partial charge is 0.238 e. The van der Waals surface area contributed by atoms with Crippen molar-refractivity contribution in [1.29, 1.82) is 0 Å². The van der Waals surface area contributed by atoms with Gasteiger partial charge in [0.2, 0.25) is 5.91 Å². The number of benzene rings is 1. The molecule has 2 aliphatic rings. The van der Waals surface area contributed by atoms with Gasteiger partial charge in [0.05, 0.1) is 12.2 Å². The molecule has 2 saturated heterocycles. The third kappa shape index (κ3) is 5.26. The first-order valence-electron chi connectivity index (χ1n) is 9.22. The largest absolute Gasteiger partial charge is 0.324 e. The van der Waals surface area contributed by atoms with Gasteiger partial charge >= 0.3 is 0 Å². The lowest BCUT2D eigenvalue weighted by Crippen LogP contribution is -2.55. The molecule has 1 atom stereocenters. The van der Waals surface area contributed by atoms with Crippen LogP contribution in [0, 0.1) is 6.92 Å². The molecule has 1 aromatic carbocycles. The Balaban J connectivity index is 1.44. The molecule has 6 heteroatoms. The highest BCUT2D eigenvalue weighted by molar-refractivity contribution is 9.10. The van der Waals surface area contributed by atoms with Crippen LogP contribution in [0.1, 0.15) is 18.4 Å². The maximum absolute atomic E-state index is 12.4. The number of carbonyl (C=O) groups is 1. The van der Waals surface area contributed by atoms with Gasteiger partial charge in [-0.2, -0.15) is 0 Å². The Morgan fingerprint density at radius 2 is 2.00 bits per heavy atom. The first-order valence-corrected chi connectivity index (χ1v) is 10.0. The van der Waals surface area contributed by atoms with Gasteiger partial charge in [0.25, 0.3) is 0 Å². The number of amides is 1. The van der Waals surface area contributed by atoms with Crippen LogP contribution >= 0.6 is 15.9 Å². The van der Waals surface area contributed by atoms with Gasteiger partial charge in [-0.1, -0.05) is 6.07 Å². The SMILES string of the molecule is Cc1ccc(NC(=O)CN2CCN(C3CCCN(C)C3)CC2)c(Br)c1. The summed E-state index contributed by atoms with van der Waals surface area (Å²) in [4.78, 5) is 19.7. The highest BCUT2D eigenvalue weighted by atomic mass is 79.9. The number of nitrogens with one attached hydrogen (secondary N) is 1. The van der Waals surface area contributed by atoms with Crippen LogP contribution < -0.4 is 5.32 Å². The van der Waals surface area contributed by atoms with Crippen molar-refractivity contribution in [3.8, 4) is 0 Å². The summed E-state index contributed by atoms with van der Waals surface area (Å²) in [5.74, 6) is 0.0652. The Morgan fingerprint density at radius 1 is 1.24 bits per heavy atom. The third-order valence-electron chi connectivity index (χ3n) is 5.29. The molecule has 25 heavy (non-hydrogen) atoms. The van der Waals surface area contributed by atoms with Crippen LogP contribution in [0.5, 0.6) is 0 Å². The van der Waals surface area contributed by atoms with E-state index in [0.717, 1.165) is 36.3 Å². The van der Waals surface area contributed by atoms with Gasteiger partial charge in [0.15, 0.2) is 0 Å².